The van der Waals surface area contributed by atoms with Gasteiger partial charge in [0.2, 0.25) is 0 Å². The minimum Gasteiger partial charge on any atom is -0.354 e. The number of aryl methyl sites for hydroxylation is 1. The van der Waals surface area contributed by atoms with Gasteiger partial charge in [0.15, 0.2) is 6.54 Å². The third-order valence-corrected chi connectivity index (χ3v) is 2.81. The van der Waals surface area contributed by atoms with Crippen LogP contribution in [-0.2, 0) is 11.3 Å². The van der Waals surface area contributed by atoms with Crippen molar-refractivity contribution in [3.05, 3.63) is 35.4 Å². The molecule has 0 aliphatic heterocycles. The van der Waals surface area contributed by atoms with Crippen LogP contribution in [0.25, 0.3) is 0 Å². The van der Waals surface area contributed by atoms with Crippen molar-refractivity contribution in [3.63, 3.8) is 0 Å². The van der Waals surface area contributed by atoms with Crippen LogP contribution < -0.4 is 5.32 Å². The molecule has 1 atom stereocenters. The zero-order valence-electron chi connectivity index (χ0n) is 11.6. The predicted octanol–water partition coefficient (Wildman–Crippen LogP) is 1.67. The molecule has 0 fully saturated rings. The molecule has 0 aromatic heterocycles. The summed E-state index contributed by atoms with van der Waals surface area (Å²) in [4.78, 5) is 11.6. The van der Waals surface area contributed by atoms with Gasteiger partial charge in [0, 0.05) is 19.5 Å². The zero-order chi connectivity index (χ0) is 13.6. The Balaban J connectivity index is 2.87. The Kier molecular flexibility index (Phi) is 4.94. The standard InChI is InChI=1S/C15H20N2O/c1-5-10-17(4,12-15(18)16-3)11-14-8-6-13(2)7-9-14/h6-9H,11-12H2,1-4H3/p+1. The molecular formula is C15H21N2O+. The number of rotatable bonds is 4. The summed E-state index contributed by atoms with van der Waals surface area (Å²) in [6.45, 7) is 4.96. The van der Waals surface area contributed by atoms with Gasteiger partial charge >= 0.3 is 0 Å². The largest absolute Gasteiger partial charge is 0.354 e. The second-order valence-corrected chi connectivity index (χ2v) is 4.73. The van der Waals surface area contributed by atoms with Gasteiger partial charge in [-0.1, -0.05) is 29.8 Å². The molecule has 0 heterocycles. The van der Waals surface area contributed by atoms with E-state index >= 15 is 0 Å². The fourth-order valence-corrected chi connectivity index (χ4v) is 1.90. The van der Waals surface area contributed by atoms with Crippen LogP contribution in [0.3, 0.4) is 0 Å². The van der Waals surface area contributed by atoms with Gasteiger partial charge in [0.05, 0.1) is 7.05 Å². The van der Waals surface area contributed by atoms with Crippen LogP contribution >= 0.6 is 0 Å². The fraction of sp³-hybridized carbons (Fsp3) is 0.400. The van der Waals surface area contributed by atoms with Gasteiger partial charge in [0.1, 0.15) is 12.6 Å². The summed E-state index contributed by atoms with van der Waals surface area (Å²) in [6, 6.07) is 11.5. The van der Waals surface area contributed by atoms with Crippen LogP contribution in [-0.4, -0.2) is 31.0 Å². The minimum atomic E-state index is 0.00682. The summed E-state index contributed by atoms with van der Waals surface area (Å²) in [5.41, 5.74) is 2.43. The molecular weight excluding hydrogens is 224 g/mol. The average molecular weight is 245 g/mol. The van der Waals surface area contributed by atoms with Crippen LogP contribution in [0.1, 0.15) is 18.1 Å². The van der Waals surface area contributed by atoms with Crippen LogP contribution in [0.4, 0.5) is 0 Å². The molecule has 0 spiro atoms. The van der Waals surface area contributed by atoms with Crippen molar-refractivity contribution in [2.24, 2.45) is 0 Å². The van der Waals surface area contributed by atoms with E-state index in [9.17, 15) is 4.79 Å². The third kappa shape index (κ3) is 4.23. The number of quaternary nitrogens is 1. The molecule has 1 aromatic carbocycles. The molecule has 0 bridgehead atoms. The highest BCUT2D eigenvalue weighted by Gasteiger charge is 2.24. The van der Waals surface area contributed by atoms with Crippen LogP contribution in [0, 0.1) is 18.9 Å². The van der Waals surface area contributed by atoms with Crippen LogP contribution in [0.15, 0.2) is 24.3 Å². The monoisotopic (exact) mass is 245 g/mol. The minimum absolute atomic E-state index is 0.00682. The number of nitrogens with zero attached hydrogens (tertiary/aromatic N) is 1. The molecule has 0 saturated heterocycles. The van der Waals surface area contributed by atoms with E-state index in [2.05, 4.69) is 48.5 Å². The normalized spacial score (nSPS) is 13.1. The van der Waals surface area contributed by atoms with Gasteiger partial charge in [-0.15, -0.1) is 0 Å². The number of hydrogen-bond donors (Lipinski definition) is 1. The number of carbonyl (C=O) groups excluding carboxylic acids is 1. The Labute approximate surface area is 109 Å². The van der Waals surface area contributed by atoms with Gasteiger partial charge in [-0.3, -0.25) is 4.79 Å². The lowest BCUT2D eigenvalue weighted by Crippen LogP contribution is -2.45. The van der Waals surface area contributed by atoms with E-state index in [-0.39, 0.29) is 5.91 Å². The average Bonchev–Trinajstić information content (AvgIpc) is 2.32. The molecule has 1 N–H and O–H groups in total. The lowest BCUT2D eigenvalue weighted by molar-refractivity contribution is -0.849. The van der Waals surface area contributed by atoms with E-state index in [0.717, 1.165) is 6.54 Å². The van der Waals surface area contributed by atoms with Crippen molar-refractivity contribution in [2.75, 3.05) is 20.6 Å². The molecule has 1 rings (SSSR count). The van der Waals surface area contributed by atoms with E-state index in [1.165, 1.54) is 11.1 Å². The molecule has 0 saturated carbocycles. The maximum atomic E-state index is 11.6. The lowest BCUT2D eigenvalue weighted by Gasteiger charge is -2.26. The van der Waals surface area contributed by atoms with Crippen molar-refractivity contribution < 1.29 is 9.28 Å². The quantitative estimate of drug-likeness (QED) is 0.634. The van der Waals surface area contributed by atoms with Gasteiger partial charge in [-0.25, -0.2) is 4.48 Å². The van der Waals surface area contributed by atoms with Gasteiger partial charge in [0.25, 0.3) is 5.91 Å². The molecule has 1 aromatic rings. The van der Waals surface area contributed by atoms with E-state index in [4.69, 9.17) is 0 Å². The molecule has 1 amide bonds. The molecule has 0 aliphatic rings. The lowest BCUT2D eigenvalue weighted by atomic mass is 10.1. The summed E-state index contributed by atoms with van der Waals surface area (Å²) in [6.07, 6.45) is 0. The van der Waals surface area contributed by atoms with E-state index in [0.29, 0.717) is 11.0 Å². The van der Waals surface area contributed by atoms with E-state index in [1.54, 1.807) is 14.0 Å². The van der Waals surface area contributed by atoms with Crippen molar-refractivity contribution in [2.45, 2.75) is 20.4 Å². The number of amides is 1. The summed E-state index contributed by atoms with van der Waals surface area (Å²) >= 11 is 0. The Morgan fingerprint density at radius 1 is 1.33 bits per heavy atom. The van der Waals surface area contributed by atoms with Gasteiger partial charge in [-0.2, -0.15) is 0 Å². The third-order valence-electron chi connectivity index (χ3n) is 2.81. The maximum Gasteiger partial charge on any atom is 0.276 e. The molecule has 96 valence electrons. The number of nitrogens with one attached hydrogen (secondary N) is 1. The van der Waals surface area contributed by atoms with Crippen molar-refractivity contribution in [1.82, 2.24) is 5.32 Å². The zero-order valence-corrected chi connectivity index (χ0v) is 11.6. The smallest absolute Gasteiger partial charge is 0.276 e. The summed E-state index contributed by atoms with van der Waals surface area (Å²) < 4.78 is 0.402. The molecule has 3 heteroatoms. The summed E-state index contributed by atoms with van der Waals surface area (Å²) in [5.74, 6) is 2.92. The number of carbonyl (C=O) groups is 1. The molecule has 3 nitrogen and oxygen atoms in total. The van der Waals surface area contributed by atoms with Crippen molar-refractivity contribution in [3.8, 4) is 12.0 Å². The Morgan fingerprint density at radius 3 is 2.44 bits per heavy atom. The van der Waals surface area contributed by atoms with Crippen molar-refractivity contribution in [1.29, 1.82) is 0 Å². The Morgan fingerprint density at radius 2 is 1.94 bits per heavy atom. The predicted molar refractivity (Wildman–Crippen MR) is 73.5 cm³/mol. The second kappa shape index (κ2) is 6.23. The van der Waals surface area contributed by atoms with E-state index in [1.807, 2.05) is 7.05 Å². The van der Waals surface area contributed by atoms with Gasteiger partial charge < -0.3 is 5.32 Å². The highest BCUT2D eigenvalue weighted by Crippen LogP contribution is 2.11. The Bertz CT molecular complexity index is 468. The fourth-order valence-electron chi connectivity index (χ4n) is 1.90. The van der Waals surface area contributed by atoms with Crippen molar-refractivity contribution >= 4 is 5.91 Å². The number of benzene rings is 1. The second-order valence-electron chi connectivity index (χ2n) is 4.73. The number of likely N-dealkylation sites (N-methyl/N-ethyl adjacent to an activating group) is 2. The molecule has 1 unspecified atom stereocenters. The summed E-state index contributed by atoms with van der Waals surface area (Å²) in [7, 11) is 3.63. The van der Waals surface area contributed by atoms with Crippen LogP contribution in [0.5, 0.6) is 0 Å². The topological polar surface area (TPSA) is 29.1 Å². The van der Waals surface area contributed by atoms with E-state index < -0.39 is 0 Å². The molecule has 18 heavy (non-hydrogen) atoms. The summed E-state index contributed by atoms with van der Waals surface area (Å²) in [5, 5.41) is 2.65. The molecule has 0 aliphatic carbocycles. The Hall–Kier alpha value is -1.79. The van der Waals surface area contributed by atoms with Crippen LogP contribution in [0.2, 0.25) is 0 Å². The first-order valence-corrected chi connectivity index (χ1v) is 6.04. The SMILES string of the molecule is CC#C[N+](C)(CC(=O)NC)Cc1ccc(C)cc1. The number of hydrogen-bond acceptors (Lipinski definition) is 1. The first-order valence-electron chi connectivity index (χ1n) is 6.04. The molecule has 0 radical (unpaired) electrons. The first kappa shape index (κ1) is 14.3. The highest BCUT2D eigenvalue weighted by molar-refractivity contribution is 5.76. The highest BCUT2D eigenvalue weighted by atomic mass is 16.2. The van der Waals surface area contributed by atoms with Gasteiger partial charge in [-0.05, 0) is 12.8 Å². The maximum absolute atomic E-state index is 11.6. The first-order chi connectivity index (χ1) is 8.49.